The molecule has 1 fully saturated rings. The molecular weight excluding hydrogens is 415 g/mol. The molecule has 2 amide bonds. The predicted octanol–water partition coefficient (Wildman–Crippen LogP) is 3.17. The van der Waals surface area contributed by atoms with Gasteiger partial charge in [-0.05, 0) is 42.3 Å². The molecule has 0 saturated carbocycles. The highest BCUT2D eigenvalue weighted by atomic mass is 19.2. The minimum absolute atomic E-state index is 0.000120. The van der Waals surface area contributed by atoms with Crippen LogP contribution in [0.4, 0.5) is 23.7 Å². The van der Waals surface area contributed by atoms with Gasteiger partial charge in [0, 0.05) is 7.05 Å². The summed E-state index contributed by atoms with van der Waals surface area (Å²) < 4.78 is 41.1. The molecule has 8 nitrogen and oxygen atoms in total. The SMILES string of the molecule is Cc1ccc(C(=O)O)cc1N=C1NC(=O)N(C)C2=NCC(c3cc(F)c(F)c(F)c3)N12. The number of hydrogen-bond acceptors (Lipinski definition) is 4. The molecule has 2 aromatic rings. The van der Waals surface area contributed by atoms with Gasteiger partial charge in [0.05, 0.1) is 23.8 Å². The van der Waals surface area contributed by atoms with Crippen molar-refractivity contribution in [2.24, 2.45) is 9.98 Å². The number of amides is 2. The van der Waals surface area contributed by atoms with Crippen molar-refractivity contribution in [3.63, 3.8) is 0 Å². The molecule has 2 aliphatic heterocycles. The fourth-order valence-corrected chi connectivity index (χ4v) is 3.39. The number of nitrogens with one attached hydrogen (secondary N) is 1. The van der Waals surface area contributed by atoms with E-state index in [1.54, 1.807) is 13.0 Å². The second-order valence-corrected chi connectivity index (χ2v) is 7.06. The number of aromatic carboxylic acids is 1. The summed E-state index contributed by atoms with van der Waals surface area (Å²) >= 11 is 0. The van der Waals surface area contributed by atoms with Crippen molar-refractivity contribution >= 4 is 29.6 Å². The number of aliphatic imine (C=N–C) groups is 2. The lowest BCUT2D eigenvalue weighted by Crippen LogP contribution is -2.61. The first-order valence-corrected chi connectivity index (χ1v) is 9.13. The summed E-state index contributed by atoms with van der Waals surface area (Å²) in [5, 5.41) is 11.8. The van der Waals surface area contributed by atoms with Gasteiger partial charge in [-0.15, -0.1) is 0 Å². The Labute approximate surface area is 174 Å². The van der Waals surface area contributed by atoms with Crippen molar-refractivity contribution in [2.45, 2.75) is 13.0 Å². The van der Waals surface area contributed by atoms with Gasteiger partial charge in [0.2, 0.25) is 11.9 Å². The van der Waals surface area contributed by atoms with Crippen LogP contribution in [-0.4, -0.2) is 52.4 Å². The highest BCUT2D eigenvalue weighted by Gasteiger charge is 2.41. The summed E-state index contributed by atoms with van der Waals surface area (Å²) in [6.07, 6.45) is 0. The Kier molecular flexibility index (Phi) is 4.88. The van der Waals surface area contributed by atoms with E-state index in [1.165, 1.54) is 29.0 Å². The van der Waals surface area contributed by atoms with Crippen LogP contribution in [0, 0.1) is 24.4 Å². The van der Waals surface area contributed by atoms with Crippen LogP contribution in [0.2, 0.25) is 0 Å². The molecule has 1 unspecified atom stereocenters. The van der Waals surface area contributed by atoms with Gasteiger partial charge >= 0.3 is 12.0 Å². The molecule has 0 bridgehead atoms. The number of carboxylic acids is 1. The molecule has 2 heterocycles. The lowest BCUT2D eigenvalue weighted by Gasteiger charge is -2.36. The summed E-state index contributed by atoms with van der Waals surface area (Å²) in [6.45, 7) is 1.75. The highest BCUT2D eigenvalue weighted by Crippen LogP contribution is 2.32. The Hall–Kier alpha value is -3.89. The number of carboxylic acid groups (broad SMARTS) is 1. The molecule has 0 aromatic heterocycles. The zero-order valence-corrected chi connectivity index (χ0v) is 16.4. The molecule has 1 saturated heterocycles. The van der Waals surface area contributed by atoms with Gasteiger partial charge in [0.15, 0.2) is 17.5 Å². The number of halogens is 3. The highest BCUT2D eigenvalue weighted by molar-refractivity contribution is 6.16. The lowest BCUT2D eigenvalue weighted by atomic mass is 10.1. The Morgan fingerprint density at radius 3 is 2.55 bits per heavy atom. The lowest BCUT2D eigenvalue weighted by molar-refractivity contribution is 0.0697. The minimum Gasteiger partial charge on any atom is -0.478 e. The van der Waals surface area contributed by atoms with Crippen molar-refractivity contribution in [3.8, 4) is 0 Å². The molecule has 11 heteroatoms. The van der Waals surface area contributed by atoms with Crippen LogP contribution in [0.25, 0.3) is 0 Å². The number of carbonyl (C=O) groups excluding carboxylic acids is 1. The molecule has 1 atom stereocenters. The van der Waals surface area contributed by atoms with Crippen LogP contribution in [0.3, 0.4) is 0 Å². The first kappa shape index (κ1) is 20.4. The molecule has 0 aliphatic carbocycles. The van der Waals surface area contributed by atoms with Gasteiger partial charge in [-0.3, -0.25) is 15.1 Å². The number of rotatable bonds is 3. The van der Waals surface area contributed by atoms with Crippen LogP contribution >= 0.6 is 0 Å². The van der Waals surface area contributed by atoms with E-state index < -0.39 is 35.5 Å². The third kappa shape index (κ3) is 3.47. The van der Waals surface area contributed by atoms with Crippen LogP contribution in [0.15, 0.2) is 40.3 Å². The fourth-order valence-electron chi connectivity index (χ4n) is 3.39. The van der Waals surface area contributed by atoms with E-state index in [0.29, 0.717) is 5.56 Å². The molecule has 2 N–H and O–H groups in total. The van der Waals surface area contributed by atoms with Crippen molar-refractivity contribution in [2.75, 3.05) is 13.6 Å². The predicted molar refractivity (Wildman–Crippen MR) is 105 cm³/mol. The number of aryl methyl sites for hydroxylation is 1. The van der Waals surface area contributed by atoms with Crippen LogP contribution in [-0.2, 0) is 0 Å². The van der Waals surface area contributed by atoms with Crippen molar-refractivity contribution in [3.05, 3.63) is 64.5 Å². The number of fused-ring (bicyclic) bond motifs is 1. The monoisotopic (exact) mass is 431 g/mol. The van der Waals surface area contributed by atoms with Gasteiger partial charge in [-0.1, -0.05) is 6.07 Å². The van der Waals surface area contributed by atoms with Gasteiger partial charge in [0.25, 0.3) is 0 Å². The zero-order chi connectivity index (χ0) is 22.4. The van der Waals surface area contributed by atoms with E-state index in [1.807, 2.05) is 0 Å². The average molecular weight is 431 g/mol. The molecule has 0 radical (unpaired) electrons. The molecule has 160 valence electrons. The number of guanidine groups is 2. The maximum Gasteiger partial charge on any atom is 0.335 e. The quantitative estimate of drug-likeness (QED) is 0.730. The molecule has 0 spiro atoms. The van der Waals surface area contributed by atoms with Crippen LogP contribution in [0.1, 0.15) is 27.5 Å². The molecular formula is C20H16F3N5O3. The first-order chi connectivity index (χ1) is 14.7. The number of nitrogens with zero attached hydrogens (tertiary/aromatic N) is 4. The molecule has 4 rings (SSSR count). The topological polar surface area (TPSA) is 97.6 Å². The standard InChI is InChI=1S/C20H16F3N5O3/c1-9-3-4-10(17(29)30)7-14(9)25-18-26-20(31)27(2)19-24-8-15(28(18)19)11-5-12(21)16(23)13(22)6-11/h3-7,15H,8H2,1-2H3,(H,29,30)(H,25,26,31). The maximum atomic E-state index is 13.8. The van der Waals surface area contributed by atoms with Gasteiger partial charge in [-0.25, -0.2) is 32.7 Å². The van der Waals surface area contributed by atoms with Gasteiger partial charge < -0.3 is 5.11 Å². The Morgan fingerprint density at radius 2 is 1.90 bits per heavy atom. The third-order valence-electron chi connectivity index (χ3n) is 5.06. The summed E-state index contributed by atoms with van der Waals surface area (Å²) in [5.74, 6) is -5.23. The summed E-state index contributed by atoms with van der Waals surface area (Å²) in [5.41, 5.74) is 1.02. The number of urea groups is 1. The molecule has 2 aliphatic rings. The average Bonchev–Trinajstić information content (AvgIpc) is 3.16. The van der Waals surface area contributed by atoms with E-state index in [4.69, 9.17) is 0 Å². The number of hydrogen-bond donors (Lipinski definition) is 2. The smallest absolute Gasteiger partial charge is 0.335 e. The van der Waals surface area contributed by atoms with E-state index in [-0.39, 0.29) is 35.3 Å². The third-order valence-corrected chi connectivity index (χ3v) is 5.06. The number of carbonyl (C=O) groups is 2. The minimum atomic E-state index is -1.58. The van der Waals surface area contributed by atoms with E-state index in [9.17, 15) is 27.9 Å². The van der Waals surface area contributed by atoms with Crippen molar-refractivity contribution in [1.29, 1.82) is 0 Å². The van der Waals surface area contributed by atoms with Crippen LogP contribution in [0.5, 0.6) is 0 Å². The molecule has 31 heavy (non-hydrogen) atoms. The van der Waals surface area contributed by atoms with Crippen molar-refractivity contribution < 1.29 is 27.9 Å². The summed E-state index contributed by atoms with van der Waals surface area (Å²) in [4.78, 5) is 35.0. The molecule has 2 aromatic carbocycles. The summed E-state index contributed by atoms with van der Waals surface area (Å²) in [7, 11) is 1.46. The van der Waals surface area contributed by atoms with Crippen LogP contribution < -0.4 is 5.32 Å². The fraction of sp³-hybridized carbons (Fsp3) is 0.200. The van der Waals surface area contributed by atoms with Crippen molar-refractivity contribution in [1.82, 2.24) is 15.1 Å². The second-order valence-electron chi connectivity index (χ2n) is 7.06. The van der Waals surface area contributed by atoms with E-state index in [0.717, 1.165) is 12.1 Å². The largest absolute Gasteiger partial charge is 0.478 e. The number of benzene rings is 2. The zero-order valence-electron chi connectivity index (χ0n) is 16.4. The van der Waals surface area contributed by atoms with Gasteiger partial charge in [-0.2, -0.15) is 0 Å². The van der Waals surface area contributed by atoms with E-state index >= 15 is 0 Å². The Bertz CT molecular complexity index is 1160. The first-order valence-electron chi connectivity index (χ1n) is 9.13. The van der Waals surface area contributed by atoms with E-state index in [2.05, 4.69) is 15.3 Å². The Morgan fingerprint density at radius 1 is 1.23 bits per heavy atom. The summed E-state index contributed by atoms with van der Waals surface area (Å²) in [6, 6.07) is 4.75. The van der Waals surface area contributed by atoms with Gasteiger partial charge in [0.1, 0.15) is 0 Å². The normalized spacial score (nSPS) is 19.4. The Balaban J connectivity index is 1.82. The second kappa shape index (κ2) is 7.42. The maximum absolute atomic E-state index is 13.8.